The Morgan fingerprint density at radius 1 is 0.886 bits per heavy atom. The van der Waals surface area contributed by atoms with Gasteiger partial charge in [-0.1, -0.05) is 30.3 Å². The van der Waals surface area contributed by atoms with Crippen LogP contribution >= 0.6 is 0 Å². The number of hydrogen-bond acceptors (Lipinski definition) is 6. The molecule has 3 aliphatic rings. The molecule has 1 aromatic carbocycles. The van der Waals surface area contributed by atoms with E-state index >= 15 is 0 Å². The van der Waals surface area contributed by atoms with E-state index in [0.29, 0.717) is 6.04 Å². The highest BCUT2D eigenvalue weighted by molar-refractivity contribution is 5.59. The third kappa shape index (κ3) is 4.71. The molecule has 2 aromatic heterocycles. The molecule has 0 N–H and O–H groups in total. The normalized spacial score (nSPS) is 23.8. The molecule has 2 unspecified atom stereocenters. The van der Waals surface area contributed by atoms with Crippen LogP contribution in [-0.4, -0.2) is 75.1 Å². The van der Waals surface area contributed by atoms with Crippen molar-refractivity contribution in [3.8, 4) is 11.4 Å². The number of aryl methyl sites for hydroxylation is 2. The van der Waals surface area contributed by atoms with Crippen molar-refractivity contribution in [3.05, 3.63) is 59.8 Å². The zero-order valence-corrected chi connectivity index (χ0v) is 21.1. The van der Waals surface area contributed by atoms with Gasteiger partial charge >= 0.3 is 0 Å². The van der Waals surface area contributed by atoms with Crippen LogP contribution in [0.2, 0.25) is 0 Å². The fourth-order valence-corrected chi connectivity index (χ4v) is 6.54. The summed E-state index contributed by atoms with van der Waals surface area (Å²) in [5, 5.41) is 13.6. The van der Waals surface area contributed by atoms with Crippen molar-refractivity contribution in [2.24, 2.45) is 18.9 Å². The zero-order chi connectivity index (χ0) is 23.8. The van der Waals surface area contributed by atoms with Gasteiger partial charge in [-0.15, -0.1) is 10.2 Å². The maximum Gasteiger partial charge on any atom is 0.151 e. The molecule has 3 aliphatic heterocycles. The molecule has 35 heavy (non-hydrogen) atoms. The van der Waals surface area contributed by atoms with Gasteiger partial charge in [0.15, 0.2) is 5.82 Å². The Labute approximate surface area is 208 Å². The van der Waals surface area contributed by atoms with Crippen LogP contribution in [0.15, 0.2) is 48.7 Å². The highest BCUT2D eigenvalue weighted by Crippen LogP contribution is 2.35. The Morgan fingerprint density at radius 2 is 1.71 bits per heavy atom. The molecule has 0 spiro atoms. The predicted octanol–water partition coefficient (Wildman–Crippen LogP) is 3.61. The second-order valence-electron chi connectivity index (χ2n) is 10.8. The summed E-state index contributed by atoms with van der Waals surface area (Å²) in [4.78, 5) is 7.88. The molecule has 7 heteroatoms. The first-order chi connectivity index (χ1) is 17.1. The van der Waals surface area contributed by atoms with Crippen LogP contribution in [0.3, 0.4) is 0 Å². The van der Waals surface area contributed by atoms with Crippen molar-refractivity contribution in [3.63, 3.8) is 0 Å². The molecule has 7 nitrogen and oxygen atoms in total. The number of rotatable bonds is 6. The number of aromatic nitrogens is 4. The molecule has 3 saturated heterocycles. The van der Waals surface area contributed by atoms with Crippen LogP contribution < -0.4 is 4.90 Å². The van der Waals surface area contributed by atoms with Crippen LogP contribution in [0, 0.1) is 18.8 Å². The number of benzene rings is 1. The molecule has 3 fully saturated rings. The summed E-state index contributed by atoms with van der Waals surface area (Å²) in [5.74, 6) is 2.61. The van der Waals surface area contributed by atoms with Gasteiger partial charge in [-0.3, -0.25) is 9.58 Å². The average Bonchev–Trinajstić information content (AvgIpc) is 3.55. The predicted molar refractivity (Wildman–Crippen MR) is 139 cm³/mol. The third-order valence-electron chi connectivity index (χ3n) is 8.40. The van der Waals surface area contributed by atoms with Gasteiger partial charge in [0.1, 0.15) is 5.69 Å². The van der Waals surface area contributed by atoms with Crippen LogP contribution in [0.25, 0.3) is 11.4 Å². The maximum absolute atomic E-state index is 4.65. The SMILES string of the molecule is Cc1cnn(C)c1-c1ccc(N2CCC3CN(CC4CCN(Cc5ccccc5)CC4)CC32)nn1. The van der Waals surface area contributed by atoms with Crippen molar-refractivity contribution < 1.29 is 0 Å². The molecule has 184 valence electrons. The van der Waals surface area contributed by atoms with Crippen molar-refractivity contribution in [2.75, 3.05) is 44.2 Å². The van der Waals surface area contributed by atoms with Gasteiger partial charge in [-0.05, 0) is 74.4 Å². The Hall–Kier alpha value is -2.77. The standard InChI is InChI=1S/C28H37N7/c1-21-16-29-32(2)28(21)25-8-9-27(31-30-25)35-15-12-24-19-34(20-26(24)35)18-23-10-13-33(14-11-23)17-22-6-4-3-5-7-22/h3-9,16,23-24,26H,10-15,17-20H2,1-2H3. The quantitative estimate of drug-likeness (QED) is 0.548. The van der Waals surface area contributed by atoms with Gasteiger partial charge in [-0.2, -0.15) is 5.10 Å². The number of nitrogens with zero attached hydrogens (tertiary/aromatic N) is 7. The van der Waals surface area contributed by atoms with E-state index in [4.69, 9.17) is 0 Å². The van der Waals surface area contributed by atoms with E-state index in [0.717, 1.165) is 47.7 Å². The molecule has 3 aromatic rings. The minimum atomic E-state index is 0.576. The summed E-state index contributed by atoms with van der Waals surface area (Å²) in [6.45, 7) is 10.4. The van der Waals surface area contributed by atoms with Crippen molar-refractivity contribution in [1.29, 1.82) is 0 Å². The number of fused-ring (bicyclic) bond motifs is 1. The van der Waals surface area contributed by atoms with Crippen LogP contribution in [-0.2, 0) is 13.6 Å². The highest BCUT2D eigenvalue weighted by Gasteiger charge is 2.42. The van der Waals surface area contributed by atoms with Crippen LogP contribution in [0.5, 0.6) is 0 Å². The number of likely N-dealkylation sites (tertiary alicyclic amines) is 2. The van der Waals surface area contributed by atoms with Gasteiger partial charge in [0.05, 0.1) is 11.9 Å². The first kappa shape index (κ1) is 22.7. The fraction of sp³-hybridized carbons (Fsp3) is 0.536. The van der Waals surface area contributed by atoms with E-state index in [2.05, 4.69) is 79.4 Å². The second-order valence-corrected chi connectivity index (χ2v) is 10.8. The molecule has 6 rings (SSSR count). The molecule has 2 atom stereocenters. The van der Waals surface area contributed by atoms with E-state index < -0.39 is 0 Å². The first-order valence-electron chi connectivity index (χ1n) is 13.2. The van der Waals surface area contributed by atoms with Crippen molar-refractivity contribution >= 4 is 5.82 Å². The number of hydrogen-bond donors (Lipinski definition) is 0. The van der Waals surface area contributed by atoms with Gasteiger partial charge in [0, 0.05) is 45.8 Å². The molecule has 5 heterocycles. The van der Waals surface area contributed by atoms with E-state index in [9.17, 15) is 0 Å². The lowest BCUT2D eigenvalue weighted by molar-refractivity contribution is 0.146. The molecule has 0 saturated carbocycles. The lowest BCUT2D eigenvalue weighted by Crippen LogP contribution is -2.40. The third-order valence-corrected chi connectivity index (χ3v) is 8.40. The maximum atomic E-state index is 4.65. The Kier molecular flexibility index (Phi) is 6.29. The smallest absolute Gasteiger partial charge is 0.151 e. The summed E-state index contributed by atoms with van der Waals surface area (Å²) in [5.41, 5.74) is 4.51. The van der Waals surface area contributed by atoms with Crippen LogP contribution in [0.4, 0.5) is 5.82 Å². The van der Waals surface area contributed by atoms with E-state index in [1.165, 1.54) is 57.5 Å². The highest BCUT2D eigenvalue weighted by atomic mass is 15.3. The minimum Gasteiger partial charge on any atom is -0.351 e. The number of anilines is 1. The molecular formula is C28H37N7. The fourth-order valence-electron chi connectivity index (χ4n) is 6.54. The summed E-state index contributed by atoms with van der Waals surface area (Å²) in [7, 11) is 1.96. The monoisotopic (exact) mass is 471 g/mol. The molecule has 0 radical (unpaired) electrons. The van der Waals surface area contributed by atoms with E-state index in [1.807, 2.05) is 17.9 Å². The molecule has 0 amide bonds. The summed E-state index contributed by atoms with van der Waals surface area (Å²) in [6, 6.07) is 15.7. The summed E-state index contributed by atoms with van der Waals surface area (Å²) >= 11 is 0. The van der Waals surface area contributed by atoms with Crippen molar-refractivity contribution in [1.82, 2.24) is 29.8 Å². The van der Waals surface area contributed by atoms with E-state index in [1.54, 1.807) is 0 Å². The van der Waals surface area contributed by atoms with Gasteiger partial charge in [-0.25, -0.2) is 0 Å². The average molecular weight is 472 g/mol. The van der Waals surface area contributed by atoms with Gasteiger partial charge < -0.3 is 9.80 Å². The molecular weight excluding hydrogens is 434 g/mol. The topological polar surface area (TPSA) is 53.3 Å². The summed E-state index contributed by atoms with van der Waals surface area (Å²) < 4.78 is 1.88. The molecule has 0 bridgehead atoms. The molecule has 0 aliphatic carbocycles. The first-order valence-corrected chi connectivity index (χ1v) is 13.2. The largest absolute Gasteiger partial charge is 0.351 e. The lowest BCUT2D eigenvalue weighted by Gasteiger charge is -2.34. The Morgan fingerprint density at radius 3 is 2.43 bits per heavy atom. The Bertz CT molecular complexity index is 1100. The van der Waals surface area contributed by atoms with Crippen molar-refractivity contribution in [2.45, 2.75) is 38.8 Å². The second kappa shape index (κ2) is 9.70. The lowest BCUT2D eigenvalue weighted by atomic mass is 9.96. The zero-order valence-electron chi connectivity index (χ0n) is 21.1. The minimum absolute atomic E-state index is 0.576. The van der Waals surface area contributed by atoms with Crippen LogP contribution in [0.1, 0.15) is 30.4 Å². The van der Waals surface area contributed by atoms with Gasteiger partial charge in [0.25, 0.3) is 0 Å². The van der Waals surface area contributed by atoms with E-state index in [-0.39, 0.29) is 0 Å². The Balaban J connectivity index is 1.03. The van der Waals surface area contributed by atoms with Gasteiger partial charge in [0.2, 0.25) is 0 Å². The number of piperidine rings is 1. The summed E-state index contributed by atoms with van der Waals surface area (Å²) in [6.07, 6.45) is 5.79.